The molecule has 1 aromatic carbocycles. The minimum atomic E-state index is -2.67. The summed E-state index contributed by atoms with van der Waals surface area (Å²) in [6.07, 6.45) is -9.20. The maximum absolute atomic E-state index is 13.9. The van der Waals surface area contributed by atoms with Crippen LogP contribution in [0.1, 0.15) is 10.4 Å². The number of carboxylic acids is 1. The lowest BCUT2D eigenvalue weighted by atomic mass is 10.1. The molecule has 0 amide bonds. The van der Waals surface area contributed by atoms with Gasteiger partial charge in [-0.2, -0.15) is 0 Å². The minimum Gasteiger partial charge on any atom is -0.478 e. The van der Waals surface area contributed by atoms with E-state index in [2.05, 4.69) is 9.72 Å². The Morgan fingerprint density at radius 1 is 1.13 bits per heavy atom. The number of aromatic nitrogens is 1. The summed E-state index contributed by atoms with van der Waals surface area (Å²) in [6, 6.07) is 4.84. The number of alkyl halides is 4. The number of nitrogens with zero attached hydrogens (tertiary/aromatic N) is 2. The number of hydrogen-bond acceptors (Lipinski definition) is 4. The van der Waals surface area contributed by atoms with Gasteiger partial charge in [-0.25, -0.2) is 22.4 Å². The smallest absolute Gasteiger partial charge is 0.336 e. The number of ether oxygens (including phenoxy) is 1. The Bertz CT molecular complexity index is 746. The van der Waals surface area contributed by atoms with Gasteiger partial charge in [-0.3, -0.25) is 4.98 Å². The van der Waals surface area contributed by atoms with Crippen LogP contribution in [0, 0.1) is 0 Å². The van der Waals surface area contributed by atoms with Gasteiger partial charge in [0.25, 0.3) is 12.7 Å². The Balaban J connectivity index is 2.12. The molecule has 0 aliphatic carbocycles. The molecule has 0 spiro atoms. The van der Waals surface area contributed by atoms with Crippen molar-refractivity contribution in [2.75, 3.05) is 4.90 Å². The Morgan fingerprint density at radius 3 is 2.39 bits per heavy atom. The van der Waals surface area contributed by atoms with Gasteiger partial charge in [0, 0.05) is 17.3 Å². The van der Waals surface area contributed by atoms with Crippen LogP contribution in [0.3, 0.4) is 0 Å². The monoisotopic (exact) mass is 330 g/mol. The summed E-state index contributed by atoms with van der Waals surface area (Å²) in [7, 11) is 0. The molecule has 5 nitrogen and oxygen atoms in total. The number of rotatable bonds is 2. The maximum Gasteiger partial charge on any atom is 0.336 e. The van der Waals surface area contributed by atoms with E-state index in [1.165, 1.54) is 24.4 Å². The standard InChI is InChI=1S/C14H10F4N2O3/c15-10-12(17)23-13(18)11(16)20(10)6-1-2-9-8(5-6)7(14(21)22)3-4-19-9/h1-5,10-13H,(H,21,22). The molecular formula is C14H10F4N2O3. The second-order valence-electron chi connectivity index (χ2n) is 4.86. The van der Waals surface area contributed by atoms with E-state index in [9.17, 15) is 22.4 Å². The summed E-state index contributed by atoms with van der Waals surface area (Å²) in [5.41, 5.74) is -0.104. The fourth-order valence-electron chi connectivity index (χ4n) is 2.41. The normalized spacial score (nSPS) is 28.1. The van der Waals surface area contributed by atoms with E-state index in [1.54, 1.807) is 0 Å². The lowest BCUT2D eigenvalue weighted by Crippen LogP contribution is -2.55. The molecule has 4 atom stereocenters. The third-order valence-electron chi connectivity index (χ3n) is 3.48. The molecule has 9 heteroatoms. The van der Waals surface area contributed by atoms with E-state index in [0.29, 0.717) is 0 Å². The van der Waals surface area contributed by atoms with E-state index >= 15 is 0 Å². The second kappa shape index (κ2) is 5.65. The Labute approximate surface area is 127 Å². The molecule has 1 aliphatic heterocycles. The molecular weight excluding hydrogens is 320 g/mol. The van der Waals surface area contributed by atoms with Crippen LogP contribution in [0.15, 0.2) is 30.5 Å². The molecule has 1 aliphatic rings. The van der Waals surface area contributed by atoms with E-state index < -0.39 is 31.3 Å². The van der Waals surface area contributed by atoms with Crippen LogP contribution >= 0.6 is 0 Å². The van der Waals surface area contributed by atoms with Gasteiger partial charge in [0.15, 0.2) is 0 Å². The molecule has 1 saturated heterocycles. The molecule has 1 N–H and O–H groups in total. The maximum atomic E-state index is 13.9. The molecule has 23 heavy (non-hydrogen) atoms. The summed E-state index contributed by atoms with van der Waals surface area (Å²) >= 11 is 0. The van der Waals surface area contributed by atoms with Gasteiger partial charge in [0.05, 0.1) is 11.1 Å². The highest BCUT2D eigenvalue weighted by molar-refractivity contribution is 6.03. The van der Waals surface area contributed by atoms with Crippen molar-refractivity contribution < 1.29 is 32.2 Å². The van der Waals surface area contributed by atoms with Crippen molar-refractivity contribution in [2.24, 2.45) is 0 Å². The average molecular weight is 330 g/mol. The number of carboxylic acid groups (broad SMARTS) is 1. The van der Waals surface area contributed by atoms with E-state index in [-0.39, 0.29) is 27.1 Å². The van der Waals surface area contributed by atoms with Crippen LogP contribution in [0.25, 0.3) is 10.9 Å². The van der Waals surface area contributed by atoms with Gasteiger partial charge in [0.2, 0.25) is 12.6 Å². The number of hydrogen-bond donors (Lipinski definition) is 1. The van der Waals surface area contributed by atoms with Crippen molar-refractivity contribution in [1.82, 2.24) is 4.98 Å². The van der Waals surface area contributed by atoms with Crippen molar-refractivity contribution in [1.29, 1.82) is 0 Å². The number of halogens is 4. The summed E-state index contributed by atoms with van der Waals surface area (Å²) in [5, 5.41) is 9.23. The first-order valence-electron chi connectivity index (χ1n) is 6.52. The number of carbonyl (C=O) groups is 1. The van der Waals surface area contributed by atoms with Gasteiger partial charge in [-0.15, -0.1) is 0 Å². The third-order valence-corrected chi connectivity index (χ3v) is 3.48. The number of benzene rings is 1. The first-order valence-corrected chi connectivity index (χ1v) is 6.52. The molecule has 122 valence electrons. The number of pyridine rings is 1. The first kappa shape index (κ1) is 15.5. The van der Waals surface area contributed by atoms with Crippen molar-refractivity contribution in [2.45, 2.75) is 25.3 Å². The van der Waals surface area contributed by atoms with Crippen LogP contribution < -0.4 is 4.90 Å². The predicted octanol–water partition coefficient (Wildman–Crippen LogP) is 2.95. The summed E-state index contributed by atoms with van der Waals surface area (Å²) in [4.78, 5) is 15.4. The molecule has 0 saturated carbocycles. The van der Waals surface area contributed by atoms with Crippen LogP contribution in [0.4, 0.5) is 23.2 Å². The van der Waals surface area contributed by atoms with Crippen LogP contribution in [0.5, 0.6) is 0 Å². The number of anilines is 1. The van der Waals surface area contributed by atoms with Crippen molar-refractivity contribution in [3.05, 3.63) is 36.0 Å². The van der Waals surface area contributed by atoms with Crippen molar-refractivity contribution in [3.63, 3.8) is 0 Å². The van der Waals surface area contributed by atoms with E-state index in [1.807, 2.05) is 0 Å². The van der Waals surface area contributed by atoms with E-state index in [4.69, 9.17) is 5.11 Å². The van der Waals surface area contributed by atoms with Crippen LogP contribution in [-0.4, -0.2) is 41.4 Å². The molecule has 0 bridgehead atoms. The SMILES string of the molecule is O=C(O)c1ccnc2ccc(N3C(F)C(F)OC(F)C3F)cc12. The lowest BCUT2D eigenvalue weighted by molar-refractivity contribution is -0.222. The van der Waals surface area contributed by atoms with Gasteiger partial charge < -0.3 is 14.7 Å². The molecule has 1 fully saturated rings. The molecule has 4 unspecified atom stereocenters. The number of morpholine rings is 1. The van der Waals surface area contributed by atoms with Crippen LogP contribution in [-0.2, 0) is 4.74 Å². The van der Waals surface area contributed by atoms with Crippen molar-refractivity contribution in [3.8, 4) is 0 Å². The molecule has 3 rings (SSSR count). The number of fused-ring (bicyclic) bond motifs is 1. The zero-order chi connectivity index (χ0) is 16.7. The Morgan fingerprint density at radius 2 is 1.78 bits per heavy atom. The van der Waals surface area contributed by atoms with Gasteiger partial charge >= 0.3 is 5.97 Å². The number of aromatic carboxylic acids is 1. The first-order chi connectivity index (χ1) is 10.9. The Hall–Kier alpha value is -2.42. The van der Waals surface area contributed by atoms with Gasteiger partial charge in [-0.1, -0.05) is 0 Å². The quantitative estimate of drug-likeness (QED) is 0.677. The van der Waals surface area contributed by atoms with Gasteiger partial charge in [0.1, 0.15) is 0 Å². The van der Waals surface area contributed by atoms with Crippen LogP contribution in [0.2, 0.25) is 0 Å². The molecule has 1 aromatic heterocycles. The van der Waals surface area contributed by atoms with Crippen molar-refractivity contribution >= 4 is 22.6 Å². The zero-order valence-corrected chi connectivity index (χ0v) is 11.4. The average Bonchev–Trinajstić information content (AvgIpc) is 2.52. The topological polar surface area (TPSA) is 62.7 Å². The molecule has 2 heterocycles. The Kier molecular flexibility index (Phi) is 3.80. The highest BCUT2D eigenvalue weighted by atomic mass is 19.2. The summed E-state index contributed by atoms with van der Waals surface area (Å²) in [6.45, 7) is 0. The van der Waals surface area contributed by atoms with Gasteiger partial charge in [-0.05, 0) is 24.3 Å². The predicted molar refractivity (Wildman–Crippen MR) is 71.9 cm³/mol. The fraction of sp³-hybridized carbons (Fsp3) is 0.286. The molecule has 0 radical (unpaired) electrons. The molecule has 2 aromatic rings. The summed E-state index contributed by atoms with van der Waals surface area (Å²) < 4.78 is 58.3. The highest BCUT2D eigenvalue weighted by Crippen LogP contribution is 2.34. The third kappa shape index (κ3) is 2.56. The lowest BCUT2D eigenvalue weighted by Gasteiger charge is -2.38. The fourth-order valence-corrected chi connectivity index (χ4v) is 2.41. The minimum absolute atomic E-state index is 0.0919. The van der Waals surface area contributed by atoms with E-state index in [0.717, 1.165) is 6.07 Å². The second-order valence-corrected chi connectivity index (χ2v) is 4.86. The largest absolute Gasteiger partial charge is 0.478 e. The summed E-state index contributed by atoms with van der Waals surface area (Å²) in [5.74, 6) is -1.27. The zero-order valence-electron chi connectivity index (χ0n) is 11.4. The highest BCUT2D eigenvalue weighted by Gasteiger charge is 2.45.